The van der Waals surface area contributed by atoms with Gasteiger partial charge in [0.1, 0.15) is 11.5 Å². The lowest BCUT2D eigenvalue weighted by atomic mass is 9.78. The van der Waals surface area contributed by atoms with Gasteiger partial charge < -0.3 is 9.88 Å². The molecule has 6 heteroatoms. The molecular weight excluding hydrogens is 472 g/mol. The number of aryl methyl sites for hydroxylation is 1. The van der Waals surface area contributed by atoms with Crippen LogP contribution in [0.3, 0.4) is 0 Å². The molecule has 1 N–H and O–H groups in total. The summed E-state index contributed by atoms with van der Waals surface area (Å²) in [7, 11) is 2.06. The Morgan fingerprint density at radius 2 is 1.89 bits per heavy atom. The first kappa shape index (κ1) is 27.6. The molecule has 3 aromatic rings. The van der Waals surface area contributed by atoms with Gasteiger partial charge in [-0.1, -0.05) is 39.5 Å². The standard InChI is InChI=1S/C32H40N4O2/c1-4-9-24(13-12-23(5-2)31(37)25-10-7-6-8-11-25)28-21-36(3)30-15-14-26(19-27(28)30)35-32(38)29-18-22(20-33)16-17-34-29/h14-19,21,23-25H,4-13H2,1-3H3,(H,35,38). The molecule has 1 fully saturated rings. The van der Waals surface area contributed by atoms with Crippen molar-refractivity contribution < 1.29 is 9.59 Å². The summed E-state index contributed by atoms with van der Waals surface area (Å²) in [5, 5.41) is 13.2. The number of benzene rings is 1. The van der Waals surface area contributed by atoms with Crippen molar-refractivity contribution in [2.24, 2.45) is 18.9 Å². The molecule has 38 heavy (non-hydrogen) atoms. The van der Waals surface area contributed by atoms with Crippen molar-refractivity contribution in [3.8, 4) is 6.07 Å². The maximum absolute atomic E-state index is 13.3. The van der Waals surface area contributed by atoms with Crippen LogP contribution < -0.4 is 5.32 Å². The minimum atomic E-state index is -0.337. The molecular formula is C32H40N4O2. The van der Waals surface area contributed by atoms with E-state index in [1.165, 1.54) is 37.1 Å². The molecule has 0 spiro atoms. The molecule has 6 nitrogen and oxygen atoms in total. The maximum Gasteiger partial charge on any atom is 0.274 e. The second kappa shape index (κ2) is 12.9. The topological polar surface area (TPSA) is 87.8 Å². The monoisotopic (exact) mass is 512 g/mol. The Labute approximate surface area is 226 Å². The fourth-order valence-corrected chi connectivity index (χ4v) is 6.12. The third-order valence-electron chi connectivity index (χ3n) is 8.24. The van der Waals surface area contributed by atoms with Gasteiger partial charge in [-0.15, -0.1) is 0 Å². The van der Waals surface area contributed by atoms with Gasteiger partial charge in [0.25, 0.3) is 5.91 Å². The number of pyridine rings is 1. The quantitative estimate of drug-likeness (QED) is 0.287. The van der Waals surface area contributed by atoms with Gasteiger partial charge in [0, 0.05) is 47.9 Å². The molecule has 1 amide bonds. The normalized spacial score (nSPS) is 15.6. The van der Waals surface area contributed by atoms with E-state index in [9.17, 15) is 9.59 Å². The summed E-state index contributed by atoms with van der Waals surface area (Å²) in [6.45, 7) is 4.38. The molecule has 2 aromatic heterocycles. The van der Waals surface area contributed by atoms with Gasteiger partial charge in [-0.2, -0.15) is 5.26 Å². The number of nitrogens with one attached hydrogen (secondary N) is 1. The van der Waals surface area contributed by atoms with Crippen molar-refractivity contribution in [2.45, 2.75) is 84.0 Å². The highest BCUT2D eigenvalue weighted by atomic mass is 16.2. The van der Waals surface area contributed by atoms with Crippen LogP contribution in [-0.4, -0.2) is 21.2 Å². The second-order valence-electron chi connectivity index (χ2n) is 10.8. The van der Waals surface area contributed by atoms with Crippen molar-refractivity contribution in [3.05, 3.63) is 59.5 Å². The third kappa shape index (κ3) is 6.32. The predicted octanol–water partition coefficient (Wildman–Crippen LogP) is 7.54. The number of aromatic nitrogens is 2. The smallest absolute Gasteiger partial charge is 0.274 e. The number of ketones is 1. The molecule has 2 atom stereocenters. The Morgan fingerprint density at radius 1 is 1.11 bits per heavy atom. The number of carbonyl (C=O) groups excluding carboxylic acids is 2. The predicted molar refractivity (Wildman–Crippen MR) is 152 cm³/mol. The highest BCUT2D eigenvalue weighted by Gasteiger charge is 2.28. The number of amides is 1. The first-order valence-electron chi connectivity index (χ1n) is 14.2. The van der Waals surface area contributed by atoms with E-state index >= 15 is 0 Å². The number of Topliss-reactive ketones (excluding diaryl/α,β-unsaturated/α-hetero) is 1. The lowest BCUT2D eigenvalue weighted by Crippen LogP contribution is -2.25. The fraction of sp³-hybridized carbons (Fsp3) is 0.500. The lowest BCUT2D eigenvalue weighted by Gasteiger charge is -2.26. The molecule has 0 saturated heterocycles. The number of carbonyl (C=O) groups is 2. The van der Waals surface area contributed by atoms with Crippen LogP contribution >= 0.6 is 0 Å². The number of anilines is 1. The molecule has 0 bridgehead atoms. The Morgan fingerprint density at radius 3 is 2.61 bits per heavy atom. The molecule has 4 rings (SSSR count). The third-order valence-corrected chi connectivity index (χ3v) is 8.24. The average molecular weight is 513 g/mol. The van der Waals surface area contributed by atoms with Crippen LogP contribution in [0.2, 0.25) is 0 Å². The minimum Gasteiger partial charge on any atom is -0.350 e. The zero-order chi connectivity index (χ0) is 27.1. The van der Waals surface area contributed by atoms with E-state index < -0.39 is 0 Å². The number of fused-ring (bicyclic) bond motifs is 1. The van der Waals surface area contributed by atoms with Gasteiger partial charge >= 0.3 is 0 Å². The summed E-state index contributed by atoms with van der Waals surface area (Å²) in [6.07, 6.45) is 14.5. The molecule has 2 unspecified atom stereocenters. The molecule has 1 saturated carbocycles. The summed E-state index contributed by atoms with van der Waals surface area (Å²) in [6, 6.07) is 11.1. The Kier molecular flexibility index (Phi) is 9.33. The number of hydrogen-bond acceptors (Lipinski definition) is 4. The van der Waals surface area contributed by atoms with Crippen LogP contribution in [0.15, 0.2) is 42.7 Å². The number of rotatable bonds is 11. The number of nitriles is 1. The number of nitrogens with zero attached hydrogens (tertiary/aromatic N) is 3. The molecule has 0 aliphatic heterocycles. The van der Waals surface area contributed by atoms with Gasteiger partial charge in [-0.05, 0) is 80.3 Å². The van der Waals surface area contributed by atoms with Gasteiger partial charge in [0.15, 0.2) is 0 Å². The van der Waals surface area contributed by atoms with Crippen molar-refractivity contribution in [1.29, 1.82) is 5.26 Å². The Hall–Kier alpha value is -3.46. The summed E-state index contributed by atoms with van der Waals surface area (Å²) in [5.41, 5.74) is 3.72. The van der Waals surface area contributed by atoms with E-state index in [4.69, 9.17) is 5.26 Å². The Bertz CT molecular complexity index is 1310. The molecule has 0 radical (unpaired) electrons. The highest BCUT2D eigenvalue weighted by Crippen LogP contribution is 2.37. The summed E-state index contributed by atoms with van der Waals surface area (Å²) in [5.74, 6) is 0.941. The lowest BCUT2D eigenvalue weighted by molar-refractivity contribution is -0.128. The van der Waals surface area contributed by atoms with Crippen molar-refractivity contribution in [1.82, 2.24) is 9.55 Å². The minimum absolute atomic E-state index is 0.152. The number of hydrogen-bond donors (Lipinski definition) is 1. The summed E-state index contributed by atoms with van der Waals surface area (Å²) < 4.78 is 2.15. The molecule has 1 aliphatic rings. The Balaban J connectivity index is 1.54. The zero-order valence-corrected chi connectivity index (χ0v) is 23.0. The van der Waals surface area contributed by atoms with E-state index in [0.717, 1.165) is 55.8 Å². The fourth-order valence-electron chi connectivity index (χ4n) is 6.12. The molecule has 2 heterocycles. The summed E-state index contributed by atoms with van der Waals surface area (Å²) >= 11 is 0. The van der Waals surface area contributed by atoms with Crippen LogP contribution in [0.1, 0.15) is 106 Å². The van der Waals surface area contributed by atoms with Crippen molar-refractivity contribution in [3.63, 3.8) is 0 Å². The van der Waals surface area contributed by atoms with Crippen molar-refractivity contribution in [2.75, 3.05) is 5.32 Å². The van der Waals surface area contributed by atoms with Gasteiger partial charge in [0.2, 0.25) is 0 Å². The zero-order valence-electron chi connectivity index (χ0n) is 23.0. The maximum atomic E-state index is 13.3. The van der Waals surface area contributed by atoms with Crippen LogP contribution in [0.5, 0.6) is 0 Å². The average Bonchev–Trinajstić information content (AvgIpc) is 3.28. The van der Waals surface area contributed by atoms with Crippen LogP contribution in [0, 0.1) is 23.2 Å². The van der Waals surface area contributed by atoms with E-state index in [1.54, 1.807) is 6.07 Å². The molecule has 200 valence electrons. The molecule has 1 aliphatic carbocycles. The largest absolute Gasteiger partial charge is 0.350 e. The SMILES string of the molecule is CCCC(CCC(CC)C(=O)C1CCCCC1)c1cn(C)c2ccc(NC(=O)c3cc(C#N)ccn3)cc12. The van der Waals surface area contributed by atoms with Crippen LogP contribution in [-0.2, 0) is 11.8 Å². The first-order chi connectivity index (χ1) is 18.4. The van der Waals surface area contributed by atoms with Gasteiger partial charge in [-0.25, -0.2) is 0 Å². The van der Waals surface area contributed by atoms with Crippen LogP contribution in [0.4, 0.5) is 5.69 Å². The van der Waals surface area contributed by atoms with Gasteiger partial charge in [0.05, 0.1) is 11.6 Å². The van der Waals surface area contributed by atoms with E-state index in [-0.39, 0.29) is 23.4 Å². The van der Waals surface area contributed by atoms with Gasteiger partial charge in [-0.3, -0.25) is 14.6 Å². The van der Waals surface area contributed by atoms with E-state index in [0.29, 0.717) is 23.0 Å². The first-order valence-corrected chi connectivity index (χ1v) is 14.2. The molecule has 1 aromatic carbocycles. The van der Waals surface area contributed by atoms with Crippen LogP contribution in [0.25, 0.3) is 10.9 Å². The van der Waals surface area contributed by atoms with E-state index in [1.807, 2.05) is 18.2 Å². The second-order valence-corrected chi connectivity index (χ2v) is 10.8. The highest BCUT2D eigenvalue weighted by molar-refractivity contribution is 6.04. The van der Waals surface area contributed by atoms with E-state index in [2.05, 4.69) is 48.0 Å². The van der Waals surface area contributed by atoms with Crippen molar-refractivity contribution >= 4 is 28.3 Å². The summed E-state index contributed by atoms with van der Waals surface area (Å²) in [4.78, 5) is 30.2.